The number of aliphatic hydroxyl groups excluding tert-OH is 3. The molecule has 0 amide bonds. The minimum Gasteiger partial charge on any atom is -0.496 e. The van der Waals surface area contributed by atoms with Crippen LogP contribution >= 0.6 is 0 Å². The fourth-order valence-corrected chi connectivity index (χ4v) is 5.34. The number of methoxy groups -OCH3 is 4. The largest absolute Gasteiger partial charge is 0.496 e. The molecule has 0 saturated carbocycles. The lowest BCUT2D eigenvalue weighted by atomic mass is 9.87. The van der Waals surface area contributed by atoms with Gasteiger partial charge < -0.3 is 39.0 Å². The van der Waals surface area contributed by atoms with E-state index in [1.807, 2.05) is 48.5 Å². The maximum absolute atomic E-state index is 10.4. The van der Waals surface area contributed by atoms with Crippen LogP contribution in [0.5, 0.6) is 28.7 Å². The van der Waals surface area contributed by atoms with Crippen molar-refractivity contribution in [3.05, 3.63) is 76.3 Å². The minimum atomic E-state index is -0.437. The van der Waals surface area contributed by atoms with Gasteiger partial charge in [0.15, 0.2) is 23.0 Å². The van der Waals surface area contributed by atoms with Crippen LogP contribution in [0.2, 0.25) is 0 Å². The molecular formula is C31H38O8. The third kappa shape index (κ3) is 5.93. The summed E-state index contributed by atoms with van der Waals surface area (Å²) in [6.07, 6.45) is 1.48. The Morgan fingerprint density at radius 2 is 1.49 bits per heavy atom. The van der Waals surface area contributed by atoms with Gasteiger partial charge in [-0.1, -0.05) is 24.3 Å². The van der Waals surface area contributed by atoms with Gasteiger partial charge in [-0.15, -0.1) is 0 Å². The molecule has 0 aromatic heterocycles. The summed E-state index contributed by atoms with van der Waals surface area (Å²) in [5.41, 5.74) is 4.64. The fourth-order valence-electron chi connectivity index (χ4n) is 5.34. The zero-order valence-electron chi connectivity index (χ0n) is 23.0. The third-order valence-corrected chi connectivity index (χ3v) is 7.37. The van der Waals surface area contributed by atoms with Gasteiger partial charge in [0.25, 0.3) is 0 Å². The molecule has 0 spiro atoms. The van der Waals surface area contributed by atoms with E-state index >= 15 is 0 Å². The fraction of sp³-hybridized carbons (Fsp3) is 0.419. The van der Waals surface area contributed by atoms with Gasteiger partial charge in [0, 0.05) is 18.1 Å². The van der Waals surface area contributed by atoms with Crippen molar-refractivity contribution in [1.29, 1.82) is 0 Å². The summed E-state index contributed by atoms with van der Waals surface area (Å²) < 4.78 is 28.6. The molecule has 0 unspecified atom stereocenters. The number of aliphatic hydroxyl groups is 3. The van der Waals surface area contributed by atoms with E-state index in [4.69, 9.17) is 23.7 Å². The van der Waals surface area contributed by atoms with E-state index < -0.39 is 6.10 Å². The van der Waals surface area contributed by atoms with Crippen LogP contribution in [0, 0.1) is 0 Å². The van der Waals surface area contributed by atoms with Crippen LogP contribution in [0.3, 0.4) is 0 Å². The summed E-state index contributed by atoms with van der Waals surface area (Å²) in [7, 11) is 6.40. The lowest BCUT2D eigenvalue weighted by Crippen LogP contribution is -2.15. The van der Waals surface area contributed by atoms with Crippen molar-refractivity contribution in [3.8, 4) is 28.7 Å². The van der Waals surface area contributed by atoms with Crippen molar-refractivity contribution in [2.45, 2.75) is 37.2 Å². The van der Waals surface area contributed by atoms with Gasteiger partial charge >= 0.3 is 0 Å². The maximum atomic E-state index is 10.4. The summed E-state index contributed by atoms with van der Waals surface area (Å²) in [6, 6.07) is 15.5. The predicted octanol–water partition coefficient (Wildman–Crippen LogP) is 4.17. The Bertz CT molecular complexity index is 1260. The molecule has 210 valence electrons. The van der Waals surface area contributed by atoms with Crippen LogP contribution in [0.1, 0.15) is 52.2 Å². The van der Waals surface area contributed by atoms with Crippen LogP contribution in [0.4, 0.5) is 0 Å². The van der Waals surface area contributed by atoms with Gasteiger partial charge in [0.2, 0.25) is 0 Å². The quantitative estimate of drug-likeness (QED) is 0.298. The van der Waals surface area contributed by atoms with Crippen molar-refractivity contribution in [1.82, 2.24) is 0 Å². The molecule has 3 N–H and O–H groups in total. The van der Waals surface area contributed by atoms with E-state index in [2.05, 4.69) is 0 Å². The summed E-state index contributed by atoms with van der Waals surface area (Å²) in [5.74, 6) is 2.66. The molecule has 0 fully saturated rings. The first-order valence-electron chi connectivity index (χ1n) is 13.1. The molecular weight excluding hydrogens is 500 g/mol. The standard InChI is InChI=1S/C31H38O8/c1-35-26-10-7-20(14-28(26)37-3)12-22(17-33)23-9-8-21(16-27(23)36-2)30-25(18-34)24-13-19(6-5-11-32)15-29(38-4)31(24)39-30/h7-10,13-16,22,25,30,32-34H,5-6,11-12,17-18H2,1-4H3/t22-,25-,30-/m0/s1. The van der Waals surface area contributed by atoms with Gasteiger partial charge in [-0.25, -0.2) is 0 Å². The highest BCUT2D eigenvalue weighted by Crippen LogP contribution is 2.51. The first-order chi connectivity index (χ1) is 19.0. The van der Waals surface area contributed by atoms with E-state index in [0.29, 0.717) is 48.0 Å². The first-order valence-corrected chi connectivity index (χ1v) is 13.1. The first kappa shape index (κ1) is 28.5. The molecule has 4 rings (SSSR count). The Kier molecular flexibility index (Phi) is 9.56. The molecule has 8 nitrogen and oxygen atoms in total. The lowest BCUT2D eigenvalue weighted by molar-refractivity contribution is 0.157. The zero-order valence-corrected chi connectivity index (χ0v) is 23.0. The minimum absolute atomic E-state index is 0.0670. The van der Waals surface area contributed by atoms with Crippen LogP contribution < -0.4 is 23.7 Å². The average Bonchev–Trinajstić information content (AvgIpc) is 3.36. The van der Waals surface area contributed by atoms with E-state index in [0.717, 1.165) is 27.8 Å². The van der Waals surface area contributed by atoms with Crippen molar-refractivity contribution in [2.75, 3.05) is 48.3 Å². The van der Waals surface area contributed by atoms with Crippen LogP contribution in [-0.2, 0) is 12.8 Å². The smallest absolute Gasteiger partial charge is 0.165 e. The number of rotatable bonds is 13. The average molecular weight is 539 g/mol. The van der Waals surface area contributed by atoms with E-state index in [9.17, 15) is 15.3 Å². The van der Waals surface area contributed by atoms with Gasteiger partial charge in [-0.2, -0.15) is 0 Å². The van der Waals surface area contributed by atoms with Gasteiger partial charge in [-0.3, -0.25) is 0 Å². The van der Waals surface area contributed by atoms with Gasteiger partial charge in [0.1, 0.15) is 11.9 Å². The Hall–Kier alpha value is -3.46. The molecule has 0 bridgehead atoms. The van der Waals surface area contributed by atoms with E-state index in [1.54, 1.807) is 28.4 Å². The number of aryl methyl sites for hydroxylation is 1. The van der Waals surface area contributed by atoms with E-state index in [1.165, 1.54) is 0 Å². The Morgan fingerprint density at radius 3 is 2.13 bits per heavy atom. The summed E-state index contributed by atoms with van der Waals surface area (Å²) in [6.45, 7) is -0.0651. The molecule has 39 heavy (non-hydrogen) atoms. The monoisotopic (exact) mass is 538 g/mol. The molecule has 0 saturated heterocycles. The Balaban J connectivity index is 1.63. The second-order valence-electron chi connectivity index (χ2n) is 9.65. The molecule has 1 aliphatic heterocycles. The maximum Gasteiger partial charge on any atom is 0.165 e. The SMILES string of the molecule is COc1ccc(C[C@@H](CO)c2ccc([C@@H]3Oc4c(OC)cc(CCCO)cc4[C@@H]3CO)cc2OC)cc1OC. The zero-order chi connectivity index (χ0) is 27.9. The van der Waals surface area contributed by atoms with Crippen molar-refractivity contribution >= 4 is 0 Å². The second-order valence-corrected chi connectivity index (χ2v) is 9.65. The van der Waals surface area contributed by atoms with Crippen LogP contribution in [-0.4, -0.2) is 63.6 Å². The van der Waals surface area contributed by atoms with Gasteiger partial charge in [0.05, 0.1) is 47.6 Å². The molecule has 0 aliphatic carbocycles. The summed E-state index contributed by atoms with van der Waals surface area (Å²) in [4.78, 5) is 0. The number of hydrogen-bond acceptors (Lipinski definition) is 8. The molecule has 8 heteroatoms. The number of fused-ring (bicyclic) bond motifs is 1. The van der Waals surface area contributed by atoms with Crippen molar-refractivity contribution < 1.29 is 39.0 Å². The number of ether oxygens (including phenoxy) is 5. The highest BCUT2D eigenvalue weighted by Gasteiger charge is 2.38. The van der Waals surface area contributed by atoms with Gasteiger partial charge in [-0.05, 0) is 65.8 Å². The molecule has 3 aromatic carbocycles. The van der Waals surface area contributed by atoms with Crippen LogP contribution in [0.25, 0.3) is 0 Å². The Morgan fingerprint density at radius 1 is 0.769 bits per heavy atom. The van der Waals surface area contributed by atoms with E-state index in [-0.39, 0.29) is 31.7 Å². The summed E-state index contributed by atoms with van der Waals surface area (Å²) in [5, 5.41) is 30.0. The molecule has 3 atom stereocenters. The lowest BCUT2D eigenvalue weighted by Gasteiger charge is -2.22. The highest BCUT2D eigenvalue weighted by molar-refractivity contribution is 5.56. The predicted molar refractivity (Wildman–Crippen MR) is 148 cm³/mol. The number of benzene rings is 3. The molecule has 0 radical (unpaired) electrons. The van der Waals surface area contributed by atoms with Crippen molar-refractivity contribution in [3.63, 3.8) is 0 Å². The molecule has 1 aliphatic rings. The summed E-state index contributed by atoms with van der Waals surface area (Å²) >= 11 is 0. The van der Waals surface area contributed by atoms with Crippen LogP contribution in [0.15, 0.2) is 48.5 Å². The Labute approximate surface area is 229 Å². The number of hydrogen-bond donors (Lipinski definition) is 3. The topological polar surface area (TPSA) is 107 Å². The second kappa shape index (κ2) is 13.1. The van der Waals surface area contributed by atoms with Crippen molar-refractivity contribution in [2.24, 2.45) is 0 Å². The molecule has 1 heterocycles. The normalized spacial score (nSPS) is 16.8. The molecule has 3 aromatic rings. The highest BCUT2D eigenvalue weighted by atomic mass is 16.5. The third-order valence-electron chi connectivity index (χ3n) is 7.37.